The third-order valence-corrected chi connectivity index (χ3v) is 5.20. The lowest BCUT2D eigenvalue weighted by Gasteiger charge is -2.34. The minimum absolute atomic E-state index is 0.339. The quantitative estimate of drug-likeness (QED) is 0.902. The topological polar surface area (TPSA) is 52.6 Å². The Morgan fingerprint density at radius 1 is 1.10 bits per heavy atom. The van der Waals surface area contributed by atoms with Gasteiger partial charge < -0.3 is 10.2 Å². The van der Waals surface area contributed by atoms with Crippen LogP contribution < -0.4 is 10.2 Å². The van der Waals surface area contributed by atoms with Crippen LogP contribution in [0.25, 0.3) is 0 Å². The summed E-state index contributed by atoms with van der Waals surface area (Å²) in [5.41, 5.74) is 2.41. The number of rotatable bonds is 4. The minimum Gasteiger partial charge on any atom is -0.369 e. The highest BCUT2D eigenvalue weighted by atomic mass is 32.2. The van der Waals surface area contributed by atoms with Crippen LogP contribution in [-0.4, -0.2) is 52.2 Å². The van der Waals surface area contributed by atoms with E-state index >= 15 is 0 Å². The van der Waals surface area contributed by atoms with Gasteiger partial charge in [0.05, 0.1) is 6.26 Å². The van der Waals surface area contributed by atoms with Crippen molar-refractivity contribution >= 4 is 15.7 Å². The molecule has 20 heavy (non-hydrogen) atoms. The molecule has 0 aliphatic carbocycles. The van der Waals surface area contributed by atoms with Gasteiger partial charge in [0, 0.05) is 37.9 Å². The Hall–Kier alpha value is -1.11. The van der Waals surface area contributed by atoms with E-state index in [1.807, 2.05) is 7.05 Å². The van der Waals surface area contributed by atoms with Gasteiger partial charge in [0.2, 0.25) is 10.0 Å². The molecule has 1 unspecified atom stereocenters. The molecule has 0 amide bonds. The molecule has 0 aromatic heterocycles. The highest BCUT2D eigenvalue weighted by molar-refractivity contribution is 7.88. The molecule has 0 spiro atoms. The Bertz CT molecular complexity index is 534. The van der Waals surface area contributed by atoms with E-state index in [1.165, 1.54) is 11.8 Å². The molecule has 0 bridgehead atoms. The summed E-state index contributed by atoms with van der Waals surface area (Å²) in [4.78, 5) is 2.23. The van der Waals surface area contributed by atoms with Gasteiger partial charge in [-0.15, -0.1) is 0 Å². The Balaban J connectivity index is 2.00. The SMILES string of the molecule is CNC(C)c1ccc(N2CCN(S(C)(=O)=O)CC2)cc1. The largest absolute Gasteiger partial charge is 0.369 e. The zero-order chi connectivity index (χ0) is 14.8. The average Bonchev–Trinajstić information content (AvgIpc) is 2.46. The summed E-state index contributed by atoms with van der Waals surface area (Å²) in [6.45, 7) is 4.74. The third kappa shape index (κ3) is 3.50. The van der Waals surface area contributed by atoms with Gasteiger partial charge in [-0.3, -0.25) is 0 Å². The summed E-state index contributed by atoms with van der Waals surface area (Å²) in [5, 5.41) is 3.22. The van der Waals surface area contributed by atoms with Gasteiger partial charge in [-0.1, -0.05) is 12.1 Å². The van der Waals surface area contributed by atoms with Crippen LogP contribution in [0.3, 0.4) is 0 Å². The molecule has 1 aromatic carbocycles. The van der Waals surface area contributed by atoms with Gasteiger partial charge in [-0.05, 0) is 31.7 Å². The van der Waals surface area contributed by atoms with E-state index in [4.69, 9.17) is 0 Å². The van der Waals surface area contributed by atoms with Crippen molar-refractivity contribution in [2.24, 2.45) is 0 Å². The van der Waals surface area contributed by atoms with Gasteiger partial charge in [-0.25, -0.2) is 8.42 Å². The molecular formula is C14H23N3O2S. The van der Waals surface area contributed by atoms with Crippen molar-refractivity contribution in [2.45, 2.75) is 13.0 Å². The second-order valence-corrected chi connectivity index (χ2v) is 7.23. The number of sulfonamides is 1. The van der Waals surface area contributed by atoms with Crippen molar-refractivity contribution in [3.05, 3.63) is 29.8 Å². The first-order valence-corrected chi connectivity index (χ1v) is 8.74. The molecule has 5 nitrogen and oxygen atoms in total. The van der Waals surface area contributed by atoms with Crippen LogP contribution in [0.2, 0.25) is 0 Å². The number of nitrogens with zero attached hydrogens (tertiary/aromatic N) is 2. The maximum absolute atomic E-state index is 11.5. The van der Waals surface area contributed by atoms with Crippen LogP contribution in [0.15, 0.2) is 24.3 Å². The molecule has 1 atom stereocenters. The first-order valence-electron chi connectivity index (χ1n) is 6.89. The molecule has 2 rings (SSSR count). The highest BCUT2D eigenvalue weighted by Gasteiger charge is 2.23. The fourth-order valence-electron chi connectivity index (χ4n) is 2.42. The highest BCUT2D eigenvalue weighted by Crippen LogP contribution is 2.20. The summed E-state index contributed by atoms with van der Waals surface area (Å²) in [7, 11) is -1.11. The number of hydrogen-bond acceptors (Lipinski definition) is 4. The predicted octanol–water partition coefficient (Wildman–Crippen LogP) is 1.05. The molecule has 1 aliphatic heterocycles. The van der Waals surface area contributed by atoms with Crippen molar-refractivity contribution < 1.29 is 8.42 Å². The van der Waals surface area contributed by atoms with E-state index in [1.54, 1.807) is 4.31 Å². The van der Waals surface area contributed by atoms with Crippen LogP contribution in [0, 0.1) is 0 Å². The lowest BCUT2D eigenvalue weighted by Crippen LogP contribution is -2.48. The summed E-state index contributed by atoms with van der Waals surface area (Å²) in [6.07, 6.45) is 1.27. The van der Waals surface area contributed by atoms with Crippen LogP contribution in [-0.2, 0) is 10.0 Å². The van der Waals surface area contributed by atoms with Gasteiger partial charge in [-0.2, -0.15) is 4.31 Å². The minimum atomic E-state index is -3.05. The number of benzene rings is 1. The molecule has 0 saturated carbocycles. The molecule has 1 N–H and O–H groups in total. The molecule has 1 saturated heterocycles. The molecule has 1 fully saturated rings. The third-order valence-electron chi connectivity index (χ3n) is 3.90. The van der Waals surface area contributed by atoms with Gasteiger partial charge in [0.1, 0.15) is 0 Å². The van der Waals surface area contributed by atoms with Crippen molar-refractivity contribution in [3.8, 4) is 0 Å². The first-order chi connectivity index (χ1) is 9.41. The van der Waals surface area contributed by atoms with Crippen LogP contribution in [0.5, 0.6) is 0 Å². The summed E-state index contributed by atoms with van der Waals surface area (Å²) < 4.78 is 24.5. The van der Waals surface area contributed by atoms with E-state index in [0.717, 1.165) is 18.8 Å². The first kappa shape index (κ1) is 15.3. The normalized spacial score (nSPS) is 19.1. The predicted molar refractivity (Wildman–Crippen MR) is 82.5 cm³/mol. The molecule has 1 aromatic rings. The van der Waals surface area contributed by atoms with Crippen molar-refractivity contribution in [1.82, 2.24) is 9.62 Å². The van der Waals surface area contributed by atoms with E-state index in [9.17, 15) is 8.42 Å². The Morgan fingerprint density at radius 2 is 1.65 bits per heavy atom. The molecule has 112 valence electrons. The molecule has 6 heteroatoms. The maximum Gasteiger partial charge on any atom is 0.211 e. The zero-order valence-electron chi connectivity index (χ0n) is 12.3. The number of nitrogens with one attached hydrogen (secondary N) is 1. The van der Waals surface area contributed by atoms with Crippen LogP contribution >= 0.6 is 0 Å². The number of hydrogen-bond donors (Lipinski definition) is 1. The van der Waals surface area contributed by atoms with E-state index < -0.39 is 10.0 Å². The monoisotopic (exact) mass is 297 g/mol. The molecule has 1 aliphatic rings. The van der Waals surface area contributed by atoms with Gasteiger partial charge in [0.25, 0.3) is 0 Å². The zero-order valence-corrected chi connectivity index (χ0v) is 13.2. The standard InChI is InChI=1S/C14H23N3O2S/c1-12(15-2)13-4-6-14(7-5-13)16-8-10-17(11-9-16)20(3,18)19/h4-7,12,15H,8-11H2,1-3H3. The second-order valence-electron chi connectivity index (χ2n) is 5.25. The van der Waals surface area contributed by atoms with E-state index in [-0.39, 0.29) is 0 Å². The maximum atomic E-state index is 11.5. The van der Waals surface area contributed by atoms with Gasteiger partial charge >= 0.3 is 0 Å². The van der Waals surface area contributed by atoms with Crippen LogP contribution in [0.4, 0.5) is 5.69 Å². The van der Waals surface area contributed by atoms with E-state index in [2.05, 4.69) is 41.4 Å². The Labute approximate surface area is 121 Å². The summed E-state index contributed by atoms with van der Waals surface area (Å²) in [6, 6.07) is 8.81. The van der Waals surface area contributed by atoms with Gasteiger partial charge in [0.15, 0.2) is 0 Å². The van der Waals surface area contributed by atoms with Crippen LogP contribution in [0.1, 0.15) is 18.5 Å². The second kappa shape index (κ2) is 6.11. The lowest BCUT2D eigenvalue weighted by atomic mass is 10.1. The van der Waals surface area contributed by atoms with Crippen molar-refractivity contribution in [1.29, 1.82) is 0 Å². The number of piperazine rings is 1. The molecule has 1 heterocycles. The summed E-state index contributed by atoms with van der Waals surface area (Å²) in [5.74, 6) is 0. The fourth-order valence-corrected chi connectivity index (χ4v) is 3.25. The average molecular weight is 297 g/mol. The Morgan fingerprint density at radius 3 is 2.10 bits per heavy atom. The van der Waals surface area contributed by atoms with Crippen molar-refractivity contribution in [3.63, 3.8) is 0 Å². The van der Waals surface area contributed by atoms with Crippen molar-refractivity contribution in [2.75, 3.05) is 44.4 Å². The summed E-state index contributed by atoms with van der Waals surface area (Å²) >= 11 is 0. The number of anilines is 1. The molecule has 0 radical (unpaired) electrons. The molecular weight excluding hydrogens is 274 g/mol. The lowest BCUT2D eigenvalue weighted by molar-refractivity contribution is 0.388. The van der Waals surface area contributed by atoms with E-state index in [0.29, 0.717) is 19.1 Å². The smallest absolute Gasteiger partial charge is 0.211 e. The fraction of sp³-hybridized carbons (Fsp3) is 0.571. The Kier molecular flexibility index (Phi) is 4.67.